The Morgan fingerprint density at radius 1 is 1.20 bits per heavy atom. The molecule has 3 aromatic rings. The average Bonchev–Trinajstić information content (AvgIpc) is 3.48. The highest BCUT2D eigenvalue weighted by Gasteiger charge is 2.23. The molecule has 3 heterocycles. The van der Waals surface area contributed by atoms with Crippen LogP contribution in [0.5, 0.6) is 5.75 Å². The van der Waals surface area contributed by atoms with Crippen LogP contribution >= 0.6 is 23.1 Å². The standard InChI is InChI=1S/C20H23N5O3S2/c1-27-17-7-3-2-6-16(17)24-8-10-25(11-9-24)18(26)14-29-20-23-22-19(30-20)21-13-15-5-4-12-28-15/h2-7,12H,8-11,13-14H2,1H3,(H,21,22). The molecule has 1 fully saturated rings. The fourth-order valence-electron chi connectivity index (χ4n) is 3.22. The van der Waals surface area contributed by atoms with Gasteiger partial charge in [-0.1, -0.05) is 35.2 Å². The van der Waals surface area contributed by atoms with Crippen LogP contribution in [0.1, 0.15) is 5.76 Å². The van der Waals surface area contributed by atoms with Crippen molar-refractivity contribution in [1.29, 1.82) is 0 Å². The van der Waals surface area contributed by atoms with Crippen molar-refractivity contribution in [2.24, 2.45) is 0 Å². The van der Waals surface area contributed by atoms with Crippen molar-refractivity contribution in [2.75, 3.05) is 49.3 Å². The van der Waals surface area contributed by atoms with E-state index in [1.165, 1.54) is 23.1 Å². The van der Waals surface area contributed by atoms with E-state index in [2.05, 4.69) is 26.5 Å². The van der Waals surface area contributed by atoms with E-state index in [1.807, 2.05) is 35.2 Å². The van der Waals surface area contributed by atoms with Gasteiger partial charge < -0.3 is 24.3 Å². The minimum absolute atomic E-state index is 0.125. The maximum absolute atomic E-state index is 12.6. The zero-order valence-corrected chi connectivity index (χ0v) is 18.2. The van der Waals surface area contributed by atoms with E-state index in [0.717, 1.165) is 34.6 Å². The van der Waals surface area contributed by atoms with Gasteiger partial charge in [-0.2, -0.15) is 0 Å². The average molecular weight is 446 g/mol. The van der Waals surface area contributed by atoms with Gasteiger partial charge >= 0.3 is 0 Å². The van der Waals surface area contributed by atoms with Crippen LogP contribution in [0, 0.1) is 0 Å². The number of hydrogen-bond acceptors (Lipinski definition) is 9. The molecule has 10 heteroatoms. The van der Waals surface area contributed by atoms with Gasteiger partial charge in [0.25, 0.3) is 0 Å². The Hall–Kier alpha value is -2.72. The van der Waals surface area contributed by atoms with Gasteiger partial charge in [0.2, 0.25) is 11.0 Å². The van der Waals surface area contributed by atoms with Crippen LogP contribution in [0.4, 0.5) is 10.8 Å². The van der Waals surface area contributed by atoms with Gasteiger partial charge in [0, 0.05) is 26.2 Å². The molecule has 0 saturated carbocycles. The third-order valence-electron chi connectivity index (χ3n) is 4.78. The number of piperazine rings is 1. The Balaban J connectivity index is 1.22. The molecule has 1 N–H and O–H groups in total. The number of carbonyl (C=O) groups excluding carboxylic acids is 1. The Labute approximate surface area is 183 Å². The van der Waals surface area contributed by atoms with Crippen molar-refractivity contribution in [1.82, 2.24) is 15.1 Å². The molecule has 1 amide bonds. The summed E-state index contributed by atoms with van der Waals surface area (Å²) < 4.78 is 11.5. The van der Waals surface area contributed by atoms with E-state index in [-0.39, 0.29) is 5.91 Å². The number of methoxy groups -OCH3 is 1. The number of ether oxygens (including phenoxy) is 1. The molecule has 2 aromatic heterocycles. The molecule has 0 radical (unpaired) electrons. The first kappa shape index (κ1) is 20.5. The predicted molar refractivity (Wildman–Crippen MR) is 118 cm³/mol. The van der Waals surface area contributed by atoms with Crippen LogP contribution in [0.2, 0.25) is 0 Å². The summed E-state index contributed by atoms with van der Waals surface area (Å²) >= 11 is 2.87. The van der Waals surface area contributed by atoms with Crippen LogP contribution in [0.15, 0.2) is 51.4 Å². The summed E-state index contributed by atoms with van der Waals surface area (Å²) in [6, 6.07) is 11.7. The summed E-state index contributed by atoms with van der Waals surface area (Å²) in [7, 11) is 1.68. The monoisotopic (exact) mass is 445 g/mol. The van der Waals surface area contributed by atoms with Crippen LogP contribution in [0.25, 0.3) is 0 Å². The maximum atomic E-state index is 12.6. The van der Waals surface area contributed by atoms with E-state index in [9.17, 15) is 4.79 Å². The van der Waals surface area contributed by atoms with Gasteiger partial charge in [0.15, 0.2) is 4.34 Å². The second-order valence-electron chi connectivity index (χ2n) is 6.63. The van der Waals surface area contributed by atoms with E-state index in [4.69, 9.17) is 9.15 Å². The predicted octanol–water partition coefficient (Wildman–Crippen LogP) is 3.19. The van der Waals surface area contributed by atoms with Crippen molar-refractivity contribution < 1.29 is 13.9 Å². The number of carbonyl (C=O) groups is 1. The third kappa shape index (κ3) is 5.06. The molecule has 8 nitrogen and oxygen atoms in total. The van der Waals surface area contributed by atoms with Crippen molar-refractivity contribution in [3.63, 3.8) is 0 Å². The number of anilines is 2. The van der Waals surface area contributed by atoms with Crippen molar-refractivity contribution in [3.8, 4) is 5.75 Å². The highest BCUT2D eigenvalue weighted by atomic mass is 32.2. The molecule has 1 aliphatic heterocycles. The summed E-state index contributed by atoms with van der Waals surface area (Å²) in [5.74, 6) is 2.18. The van der Waals surface area contributed by atoms with Gasteiger partial charge in [-0.05, 0) is 24.3 Å². The molecule has 0 bridgehead atoms. The van der Waals surface area contributed by atoms with E-state index in [0.29, 0.717) is 30.5 Å². The summed E-state index contributed by atoms with van der Waals surface area (Å²) in [4.78, 5) is 16.8. The lowest BCUT2D eigenvalue weighted by atomic mass is 10.2. The van der Waals surface area contributed by atoms with Crippen molar-refractivity contribution in [3.05, 3.63) is 48.4 Å². The first-order valence-corrected chi connectivity index (χ1v) is 11.4. The molecule has 1 aromatic carbocycles. The normalized spacial score (nSPS) is 14.0. The number of amides is 1. The Morgan fingerprint density at radius 3 is 2.80 bits per heavy atom. The first-order valence-electron chi connectivity index (χ1n) is 9.61. The van der Waals surface area contributed by atoms with Gasteiger partial charge in [-0.15, -0.1) is 10.2 Å². The molecule has 0 spiro atoms. The van der Waals surface area contributed by atoms with Crippen LogP contribution in [0.3, 0.4) is 0 Å². The largest absolute Gasteiger partial charge is 0.495 e. The molecule has 4 rings (SSSR count). The Morgan fingerprint density at radius 2 is 2.03 bits per heavy atom. The first-order chi connectivity index (χ1) is 14.7. The minimum Gasteiger partial charge on any atom is -0.495 e. The number of benzene rings is 1. The topological polar surface area (TPSA) is 83.7 Å². The number of aromatic nitrogens is 2. The number of hydrogen-bond donors (Lipinski definition) is 1. The zero-order chi connectivity index (χ0) is 20.8. The highest BCUT2D eigenvalue weighted by Crippen LogP contribution is 2.29. The SMILES string of the molecule is COc1ccccc1N1CCN(C(=O)CSc2nnc(NCc3ccco3)s2)CC1. The molecule has 0 aliphatic carbocycles. The highest BCUT2D eigenvalue weighted by molar-refractivity contribution is 8.01. The van der Waals surface area contributed by atoms with Gasteiger partial charge in [0.05, 0.1) is 31.4 Å². The van der Waals surface area contributed by atoms with Crippen molar-refractivity contribution >= 4 is 39.8 Å². The molecular weight excluding hydrogens is 422 g/mol. The molecule has 158 valence electrons. The van der Waals surface area contributed by atoms with Gasteiger partial charge in [-0.25, -0.2) is 0 Å². The lowest BCUT2D eigenvalue weighted by molar-refractivity contribution is -0.128. The van der Waals surface area contributed by atoms with E-state index in [1.54, 1.807) is 13.4 Å². The molecule has 0 atom stereocenters. The van der Waals surface area contributed by atoms with Crippen molar-refractivity contribution in [2.45, 2.75) is 10.9 Å². The second kappa shape index (κ2) is 9.86. The van der Waals surface area contributed by atoms with E-state index < -0.39 is 0 Å². The minimum atomic E-state index is 0.125. The summed E-state index contributed by atoms with van der Waals surface area (Å²) in [5, 5.41) is 12.2. The second-order valence-corrected chi connectivity index (χ2v) is 8.83. The summed E-state index contributed by atoms with van der Waals surface area (Å²) in [6.07, 6.45) is 1.64. The van der Waals surface area contributed by atoms with Crippen LogP contribution in [-0.4, -0.2) is 60.0 Å². The number of nitrogens with one attached hydrogen (secondary N) is 1. The summed E-state index contributed by atoms with van der Waals surface area (Å²) in [5.41, 5.74) is 1.07. The lowest BCUT2D eigenvalue weighted by Crippen LogP contribution is -2.49. The van der Waals surface area contributed by atoms with Crippen LogP contribution < -0.4 is 15.0 Å². The number of rotatable bonds is 8. The third-order valence-corrected chi connectivity index (χ3v) is 6.78. The molecule has 30 heavy (non-hydrogen) atoms. The number of nitrogens with zero attached hydrogens (tertiary/aromatic N) is 4. The molecule has 0 unspecified atom stereocenters. The molecular formula is C20H23N5O3S2. The molecule has 1 saturated heterocycles. The van der Waals surface area contributed by atoms with Crippen LogP contribution in [-0.2, 0) is 11.3 Å². The number of para-hydroxylation sites is 2. The Bertz CT molecular complexity index is 955. The summed E-state index contributed by atoms with van der Waals surface area (Å²) in [6.45, 7) is 3.53. The fraction of sp³-hybridized carbons (Fsp3) is 0.350. The maximum Gasteiger partial charge on any atom is 0.233 e. The lowest BCUT2D eigenvalue weighted by Gasteiger charge is -2.36. The van der Waals surface area contributed by atoms with Gasteiger partial charge in [0.1, 0.15) is 11.5 Å². The quantitative estimate of drug-likeness (QED) is 0.529. The van der Waals surface area contributed by atoms with E-state index >= 15 is 0 Å². The number of thioether (sulfide) groups is 1. The smallest absolute Gasteiger partial charge is 0.233 e. The Kier molecular flexibility index (Phi) is 6.75. The van der Waals surface area contributed by atoms with Gasteiger partial charge in [-0.3, -0.25) is 4.79 Å². The number of furan rings is 1. The fourth-order valence-corrected chi connectivity index (χ4v) is 4.87. The molecule has 1 aliphatic rings. The zero-order valence-electron chi connectivity index (χ0n) is 16.6.